The summed E-state index contributed by atoms with van der Waals surface area (Å²) in [6, 6.07) is 6.27. The quantitative estimate of drug-likeness (QED) is 0.648. The summed E-state index contributed by atoms with van der Waals surface area (Å²) in [5.41, 5.74) is 2.49. The summed E-state index contributed by atoms with van der Waals surface area (Å²) in [6.45, 7) is 0. The molecule has 0 saturated heterocycles. The Morgan fingerprint density at radius 2 is 2.04 bits per heavy atom. The predicted octanol–water partition coefficient (Wildman–Crippen LogP) is 3.73. The number of thiazole rings is 1. The first-order chi connectivity index (χ1) is 12.4. The van der Waals surface area contributed by atoms with Crippen LogP contribution < -0.4 is 0 Å². The molecular weight excluding hydrogens is 376 g/mol. The van der Waals surface area contributed by atoms with Crippen molar-refractivity contribution in [3.05, 3.63) is 38.7 Å². The zero-order chi connectivity index (χ0) is 18.8. The Labute approximate surface area is 157 Å². The SMILES string of the molecule is O=C(O)CCC(C(=O)O)n1c(O)c(C=C2C=Nc3ccccc32)sc1=S. The zero-order valence-corrected chi connectivity index (χ0v) is 15.0. The summed E-state index contributed by atoms with van der Waals surface area (Å²) in [5, 5.41) is 28.7. The summed E-state index contributed by atoms with van der Waals surface area (Å²) in [6.07, 6.45) is 2.84. The smallest absolute Gasteiger partial charge is 0.326 e. The van der Waals surface area contributed by atoms with Crippen molar-refractivity contribution in [2.45, 2.75) is 18.9 Å². The Hall–Kier alpha value is -2.78. The van der Waals surface area contributed by atoms with E-state index in [0.717, 1.165) is 32.7 Å². The van der Waals surface area contributed by atoms with Gasteiger partial charge in [-0.2, -0.15) is 0 Å². The fourth-order valence-electron chi connectivity index (χ4n) is 2.68. The monoisotopic (exact) mass is 390 g/mol. The Morgan fingerprint density at radius 3 is 2.73 bits per heavy atom. The van der Waals surface area contributed by atoms with Crippen LogP contribution in [0, 0.1) is 3.95 Å². The van der Waals surface area contributed by atoms with Gasteiger partial charge in [-0.15, -0.1) is 11.3 Å². The molecule has 1 aromatic carbocycles. The van der Waals surface area contributed by atoms with Crippen LogP contribution in [0.2, 0.25) is 0 Å². The second kappa shape index (κ2) is 7.22. The van der Waals surface area contributed by atoms with Gasteiger partial charge in [0, 0.05) is 23.8 Å². The van der Waals surface area contributed by atoms with Crippen LogP contribution in [-0.2, 0) is 9.59 Å². The molecule has 0 saturated carbocycles. The maximum Gasteiger partial charge on any atom is 0.326 e. The Kier molecular flexibility index (Phi) is 5.01. The molecule has 1 aliphatic rings. The molecule has 3 N–H and O–H groups in total. The lowest BCUT2D eigenvalue weighted by Crippen LogP contribution is -2.20. The van der Waals surface area contributed by atoms with Crippen LogP contribution >= 0.6 is 23.6 Å². The van der Waals surface area contributed by atoms with E-state index in [4.69, 9.17) is 17.3 Å². The highest BCUT2D eigenvalue weighted by molar-refractivity contribution is 7.73. The predicted molar refractivity (Wildman–Crippen MR) is 101 cm³/mol. The lowest BCUT2D eigenvalue weighted by Gasteiger charge is -2.14. The first-order valence-electron chi connectivity index (χ1n) is 7.62. The topological polar surface area (TPSA) is 112 Å². The molecule has 0 spiro atoms. The van der Waals surface area contributed by atoms with Gasteiger partial charge in [0.1, 0.15) is 6.04 Å². The molecule has 1 unspecified atom stereocenters. The van der Waals surface area contributed by atoms with Crippen molar-refractivity contribution < 1.29 is 24.9 Å². The third-order valence-corrected chi connectivity index (χ3v) is 5.25. The molecule has 3 rings (SSSR count). The maximum absolute atomic E-state index is 11.5. The third kappa shape index (κ3) is 3.44. The average Bonchev–Trinajstić information content (AvgIpc) is 3.11. The van der Waals surface area contributed by atoms with E-state index in [1.807, 2.05) is 24.3 Å². The fourth-order valence-corrected chi connectivity index (χ4v) is 4.04. The van der Waals surface area contributed by atoms with Gasteiger partial charge in [-0.05, 0) is 30.8 Å². The number of carbonyl (C=O) groups is 2. The summed E-state index contributed by atoms with van der Waals surface area (Å²) in [5.74, 6) is -2.65. The highest BCUT2D eigenvalue weighted by atomic mass is 32.1. The molecule has 1 aromatic heterocycles. The molecule has 0 radical (unpaired) electrons. The number of allylic oxidation sites excluding steroid dienone is 1. The van der Waals surface area contributed by atoms with Crippen LogP contribution in [-0.4, -0.2) is 38.0 Å². The normalized spacial score (nSPS) is 15.2. The standard InChI is InChI=1S/C17H14N2O5S2/c20-14(21)6-5-12(16(23)24)19-15(22)13(26-17(19)25)7-9-8-18-11-4-2-1-3-10(9)11/h1-4,7-8,12,22H,5-6H2,(H,20,21)(H,23,24). The Balaban J connectivity index is 2.00. The maximum atomic E-state index is 11.5. The number of carboxylic acid groups (broad SMARTS) is 2. The molecule has 2 aromatic rings. The van der Waals surface area contributed by atoms with Crippen LogP contribution in [0.15, 0.2) is 29.3 Å². The van der Waals surface area contributed by atoms with E-state index in [1.54, 1.807) is 12.3 Å². The van der Waals surface area contributed by atoms with E-state index in [1.165, 1.54) is 0 Å². The Morgan fingerprint density at radius 1 is 1.31 bits per heavy atom. The molecule has 7 nitrogen and oxygen atoms in total. The number of aromatic nitrogens is 1. The van der Waals surface area contributed by atoms with Crippen molar-refractivity contribution in [2.75, 3.05) is 0 Å². The fraction of sp³-hybridized carbons (Fsp3) is 0.176. The molecule has 134 valence electrons. The second-order valence-electron chi connectivity index (χ2n) is 5.59. The van der Waals surface area contributed by atoms with E-state index in [9.17, 15) is 19.8 Å². The molecular formula is C17H14N2O5S2. The number of hydrogen-bond donors (Lipinski definition) is 3. The molecule has 2 heterocycles. The number of aliphatic imine (C=N–C) groups is 1. The summed E-state index contributed by atoms with van der Waals surface area (Å²) in [4.78, 5) is 27.0. The highest BCUT2D eigenvalue weighted by Crippen LogP contribution is 2.37. The van der Waals surface area contributed by atoms with Gasteiger partial charge in [0.2, 0.25) is 5.88 Å². The zero-order valence-electron chi connectivity index (χ0n) is 13.3. The summed E-state index contributed by atoms with van der Waals surface area (Å²) < 4.78 is 1.26. The van der Waals surface area contributed by atoms with Crippen LogP contribution in [0.1, 0.15) is 29.3 Å². The van der Waals surface area contributed by atoms with E-state index in [0.29, 0.717) is 4.88 Å². The van der Waals surface area contributed by atoms with Crippen molar-refractivity contribution in [1.82, 2.24) is 4.57 Å². The largest absolute Gasteiger partial charge is 0.493 e. The molecule has 0 bridgehead atoms. The third-order valence-electron chi connectivity index (χ3n) is 3.92. The van der Waals surface area contributed by atoms with E-state index < -0.39 is 18.0 Å². The van der Waals surface area contributed by atoms with Crippen LogP contribution in [0.5, 0.6) is 5.88 Å². The minimum absolute atomic E-state index is 0.162. The van der Waals surface area contributed by atoms with Gasteiger partial charge >= 0.3 is 11.9 Å². The van der Waals surface area contributed by atoms with Gasteiger partial charge in [-0.3, -0.25) is 14.4 Å². The summed E-state index contributed by atoms with van der Waals surface area (Å²) in [7, 11) is 0. The minimum Gasteiger partial charge on any atom is -0.493 e. The number of fused-ring (bicyclic) bond motifs is 1. The van der Waals surface area contributed by atoms with Crippen LogP contribution in [0.4, 0.5) is 5.69 Å². The molecule has 1 atom stereocenters. The van der Waals surface area contributed by atoms with Crippen molar-refractivity contribution >= 4 is 59.0 Å². The van der Waals surface area contributed by atoms with Gasteiger partial charge in [-0.1, -0.05) is 18.2 Å². The van der Waals surface area contributed by atoms with Crippen LogP contribution in [0.3, 0.4) is 0 Å². The van der Waals surface area contributed by atoms with Gasteiger partial charge in [-0.25, -0.2) is 4.79 Å². The van der Waals surface area contributed by atoms with Gasteiger partial charge < -0.3 is 15.3 Å². The molecule has 9 heteroatoms. The van der Waals surface area contributed by atoms with Crippen molar-refractivity contribution in [2.24, 2.45) is 4.99 Å². The number of aromatic hydroxyl groups is 1. The number of nitrogens with zero attached hydrogens (tertiary/aromatic N) is 2. The van der Waals surface area contributed by atoms with E-state index >= 15 is 0 Å². The number of hydrogen-bond acceptors (Lipinski definition) is 6. The number of aliphatic carboxylic acids is 2. The van der Waals surface area contributed by atoms with Crippen molar-refractivity contribution in [1.29, 1.82) is 0 Å². The Bertz CT molecular complexity index is 1000. The molecule has 0 fully saturated rings. The molecule has 0 aliphatic carbocycles. The van der Waals surface area contributed by atoms with E-state index in [-0.39, 0.29) is 22.7 Å². The first-order valence-corrected chi connectivity index (χ1v) is 8.85. The number of rotatable bonds is 6. The van der Waals surface area contributed by atoms with Crippen LogP contribution in [0.25, 0.3) is 11.6 Å². The lowest BCUT2D eigenvalue weighted by atomic mass is 10.1. The lowest BCUT2D eigenvalue weighted by molar-refractivity contribution is -0.142. The van der Waals surface area contributed by atoms with Gasteiger partial charge in [0.15, 0.2) is 3.95 Å². The first kappa shape index (κ1) is 18.0. The molecule has 1 aliphatic heterocycles. The number of para-hydroxylation sites is 1. The average molecular weight is 390 g/mol. The van der Waals surface area contributed by atoms with Gasteiger partial charge in [0.05, 0.1) is 10.6 Å². The number of carboxylic acids is 2. The highest BCUT2D eigenvalue weighted by Gasteiger charge is 2.26. The van der Waals surface area contributed by atoms with Crippen molar-refractivity contribution in [3.8, 4) is 5.88 Å². The van der Waals surface area contributed by atoms with Gasteiger partial charge in [0.25, 0.3) is 0 Å². The number of benzene rings is 1. The minimum atomic E-state index is -1.25. The second-order valence-corrected chi connectivity index (χ2v) is 7.26. The van der Waals surface area contributed by atoms with Crippen molar-refractivity contribution in [3.63, 3.8) is 0 Å². The summed E-state index contributed by atoms with van der Waals surface area (Å²) >= 11 is 6.26. The molecule has 26 heavy (non-hydrogen) atoms. The molecule has 0 amide bonds. The van der Waals surface area contributed by atoms with E-state index in [2.05, 4.69) is 4.99 Å².